The lowest BCUT2D eigenvalue weighted by molar-refractivity contribution is 0.425. The van der Waals surface area contributed by atoms with E-state index in [0.29, 0.717) is 0 Å². The summed E-state index contributed by atoms with van der Waals surface area (Å²) in [7, 11) is -1.63. The molecule has 0 atom stereocenters. The van der Waals surface area contributed by atoms with Crippen LogP contribution in [0.25, 0.3) is 0 Å². The third kappa shape index (κ3) is 1.55. The molecule has 0 spiro atoms. The molecule has 0 aliphatic heterocycles. The van der Waals surface area contributed by atoms with Crippen LogP contribution in [0.4, 0.5) is 0 Å². The van der Waals surface area contributed by atoms with Crippen molar-refractivity contribution in [3.05, 3.63) is 24.0 Å². The second-order valence-electron chi connectivity index (χ2n) is 1.93. The summed E-state index contributed by atoms with van der Waals surface area (Å²) in [5.74, 6) is 0. The second kappa shape index (κ2) is 3.15. The minimum absolute atomic E-state index is 0.0440. The molecule has 1 aromatic heterocycles. The van der Waals surface area contributed by atoms with Crippen LogP contribution in [0.3, 0.4) is 0 Å². The number of aromatic nitrogens is 1. The van der Waals surface area contributed by atoms with Crippen molar-refractivity contribution in [1.29, 1.82) is 5.26 Å². The molecule has 5 heteroatoms. The number of pyridine rings is 1. The first kappa shape index (κ1) is 7.73. The van der Waals surface area contributed by atoms with Crippen LogP contribution in [0.2, 0.25) is 0 Å². The molecule has 1 heterocycles. The first-order chi connectivity index (χ1) is 5.25. The van der Waals surface area contributed by atoms with Crippen LogP contribution >= 0.6 is 0 Å². The van der Waals surface area contributed by atoms with Crippen molar-refractivity contribution in [3.63, 3.8) is 0 Å². The topological polar surface area (TPSA) is 77.1 Å². The summed E-state index contributed by atoms with van der Waals surface area (Å²) in [6.07, 6.45) is 1.42. The van der Waals surface area contributed by atoms with Gasteiger partial charge in [0.15, 0.2) is 0 Å². The van der Waals surface area contributed by atoms with Gasteiger partial charge in [-0.05, 0) is 6.07 Å². The van der Waals surface area contributed by atoms with Gasteiger partial charge in [-0.1, -0.05) is 6.07 Å². The van der Waals surface area contributed by atoms with Gasteiger partial charge >= 0.3 is 7.12 Å². The standard InChI is InChI=1S/C6H5BN2O2/c8-4-6-5(7(10)11)2-1-3-9-6/h1-3,10-11H. The summed E-state index contributed by atoms with van der Waals surface area (Å²) >= 11 is 0. The summed E-state index contributed by atoms with van der Waals surface area (Å²) in [5, 5.41) is 25.8. The molecule has 1 rings (SSSR count). The van der Waals surface area contributed by atoms with E-state index in [-0.39, 0.29) is 11.2 Å². The van der Waals surface area contributed by atoms with Crippen molar-refractivity contribution < 1.29 is 10.0 Å². The van der Waals surface area contributed by atoms with Gasteiger partial charge in [0.05, 0.1) is 0 Å². The van der Waals surface area contributed by atoms with E-state index in [1.165, 1.54) is 18.3 Å². The Balaban J connectivity index is 3.15. The average molecular weight is 148 g/mol. The Labute approximate surface area is 63.9 Å². The summed E-state index contributed by atoms with van der Waals surface area (Å²) in [6.45, 7) is 0. The molecule has 0 unspecified atom stereocenters. The lowest BCUT2D eigenvalue weighted by atomic mass is 9.79. The third-order valence-corrected chi connectivity index (χ3v) is 1.22. The first-order valence-electron chi connectivity index (χ1n) is 2.97. The highest BCUT2D eigenvalue weighted by Gasteiger charge is 2.15. The fourth-order valence-corrected chi connectivity index (χ4v) is 0.720. The van der Waals surface area contributed by atoms with Crippen LogP contribution in [-0.4, -0.2) is 22.2 Å². The summed E-state index contributed by atoms with van der Waals surface area (Å²) < 4.78 is 0. The predicted octanol–water partition coefficient (Wildman–Crippen LogP) is -1.37. The molecule has 0 bridgehead atoms. The molecule has 11 heavy (non-hydrogen) atoms. The Morgan fingerprint density at radius 2 is 2.27 bits per heavy atom. The van der Waals surface area contributed by atoms with Crippen LogP contribution in [0.5, 0.6) is 0 Å². The summed E-state index contributed by atoms with van der Waals surface area (Å²) in [4.78, 5) is 3.64. The summed E-state index contributed by atoms with van der Waals surface area (Å²) in [6, 6.07) is 4.72. The zero-order valence-corrected chi connectivity index (χ0v) is 5.60. The largest absolute Gasteiger partial charge is 0.491 e. The Kier molecular flexibility index (Phi) is 2.21. The number of nitriles is 1. The van der Waals surface area contributed by atoms with Crippen LogP contribution in [0.15, 0.2) is 18.3 Å². The van der Waals surface area contributed by atoms with E-state index in [1.54, 1.807) is 6.07 Å². The van der Waals surface area contributed by atoms with E-state index in [9.17, 15) is 0 Å². The van der Waals surface area contributed by atoms with Crippen molar-refractivity contribution >= 4 is 12.6 Å². The Hall–Kier alpha value is -1.38. The number of rotatable bonds is 1. The van der Waals surface area contributed by atoms with E-state index in [0.717, 1.165) is 0 Å². The Bertz CT molecular complexity index is 295. The van der Waals surface area contributed by atoms with Crippen molar-refractivity contribution in [2.24, 2.45) is 0 Å². The van der Waals surface area contributed by atoms with E-state index < -0.39 is 7.12 Å². The van der Waals surface area contributed by atoms with Gasteiger partial charge in [-0.3, -0.25) is 0 Å². The molecule has 0 saturated carbocycles. The minimum Gasteiger partial charge on any atom is -0.423 e. The van der Waals surface area contributed by atoms with Gasteiger partial charge in [-0.2, -0.15) is 5.26 Å². The third-order valence-electron chi connectivity index (χ3n) is 1.22. The average Bonchev–Trinajstić information content (AvgIpc) is 2.04. The van der Waals surface area contributed by atoms with Crippen LogP contribution in [0.1, 0.15) is 5.69 Å². The van der Waals surface area contributed by atoms with E-state index in [1.807, 2.05) is 0 Å². The molecule has 4 nitrogen and oxygen atoms in total. The monoisotopic (exact) mass is 148 g/mol. The summed E-state index contributed by atoms with van der Waals surface area (Å²) in [5.41, 5.74) is 0.178. The van der Waals surface area contributed by atoms with Gasteiger partial charge in [0, 0.05) is 11.7 Å². The van der Waals surface area contributed by atoms with Gasteiger partial charge < -0.3 is 10.0 Å². The highest BCUT2D eigenvalue weighted by Crippen LogP contribution is 1.88. The molecular weight excluding hydrogens is 143 g/mol. The molecule has 54 valence electrons. The molecule has 0 aliphatic rings. The second-order valence-corrected chi connectivity index (χ2v) is 1.93. The molecule has 0 fully saturated rings. The van der Waals surface area contributed by atoms with Crippen LogP contribution in [0, 0.1) is 11.3 Å². The Morgan fingerprint density at radius 3 is 2.73 bits per heavy atom. The normalized spacial score (nSPS) is 8.82. The zero-order valence-electron chi connectivity index (χ0n) is 5.60. The van der Waals surface area contributed by atoms with E-state index in [4.69, 9.17) is 15.3 Å². The molecule has 0 radical (unpaired) electrons. The van der Waals surface area contributed by atoms with Crippen molar-refractivity contribution in [2.75, 3.05) is 0 Å². The maximum absolute atomic E-state index is 8.70. The lowest BCUT2D eigenvalue weighted by Crippen LogP contribution is -2.32. The number of hydrogen-bond donors (Lipinski definition) is 2. The van der Waals surface area contributed by atoms with E-state index >= 15 is 0 Å². The van der Waals surface area contributed by atoms with Crippen molar-refractivity contribution in [2.45, 2.75) is 0 Å². The van der Waals surface area contributed by atoms with Crippen molar-refractivity contribution in [3.8, 4) is 6.07 Å². The number of hydrogen-bond acceptors (Lipinski definition) is 4. The van der Waals surface area contributed by atoms with Crippen LogP contribution in [-0.2, 0) is 0 Å². The van der Waals surface area contributed by atoms with Gasteiger partial charge in [-0.25, -0.2) is 4.98 Å². The first-order valence-corrected chi connectivity index (χ1v) is 2.97. The Morgan fingerprint density at radius 1 is 1.55 bits per heavy atom. The predicted molar refractivity (Wildman–Crippen MR) is 38.8 cm³/mol. The van der Waals surface area contributed by atoms with Gasteiger partial charge in [0.2, 0.25) is 0 Å². The molecule has 0 amide bonds. The van der Waals surface area contributed by atoms with Gasteiger partial charge in [0.25, 0.3) is 0 Å². The van der Waals surface area contributed by atoms with Gasteiger partial charge in [-0.15, -0.1) is 0 Å². The van der Waals surface area contributed by atoms with E-state index in [2.05, 4.69) is 4.98 Å². The van der Waals surface area contributed by atoms with Crippen LogP contribution < -0.4 is 5.46 Å². The maximum atomic E-state index is 8.70. The zero-order chi connectivity index (χ0) is 8.27. The van der Waals surface area contributed by atoms with Crippen molar-refractivity contribution in [1.82, 2.24) is 4.98 Å². The molecule has 0 aromatic carbocycles. The maximum Gasteiger partial charge on any atom is 0.491 e. The fourth-order valence-electron chi connectivity index (χ4n) is 0.720. The molecule has 0 saturated heterocycles. The molecule has 2 N–H and O–H groups in total. The van der Waals surface area contributed by atoms with Gasteiger partial charge in [0.1, 0.15) is 11.8 Å². The minimum atomic E-state index is -1.63. The quantitative estimate of drug-likeness (QED) is 0.481. The lowest BCUT2D eigenvalue weighted by Gasteiger charge is -1.98. The number of nitrogens with zero attached hydrogens (tertiary/aromatic N) is 2. The molecular formula is C6H5BN2O2. The molecule has 0 aliphatic carbocycles. The molecule has 1 aromatic rings. The SMILES string of the molecule is N#Cc1ncccc1B(O)O. The highest BCUT2D eigenvalue weighted by molar-refractivity contribution is 6.59. The fraction of sp³-hybridized carbons (Fsp3) is 0. The highest BCUT2D eigenvalue weighted by atomic mass is 16.4. The smallest absolute Gasteiger partial charge is 0.423 e.